The summed E-state index contributed by atoms with van der Waals surface area (Å²) in [6, 6.07) is 15.3. The van der Waals surface area contributed by atoms with Crippen LogP contribution in [0.15, 0.2) is 62.1 Å². The van der Waals surface area contributed by atoms with Gasteiger partial charge in [-0.15, -0.1) is 0 Å². The normalized spacial score (nSPS) is 17.4. The van der Waals surface area contributed by atoms with Gasteiger partial charge in [0.05, 0.1) is 9.81 Å². The van der Waals surface area contributed by atoms with Gasteiger partial charge >= 0.3 is 0 Å². The minimum Gasteiger partial charge on any atom is -0.288 e. The monoisotopic (exact) mass is 636 g/mol. The largest absolute Gasteiger partial charge is 0.288 e. The van der Waals surface area contributed by atoms with Crippen molar-refractivity contribution in [3.05, 3.63) is 102 Å². The first-order chi connectivity index (χ1) is 20.5. The Hall–Kier alpha value is -2.82. The Morgan fingerprint density at radius 3 is 1.02 bits per heavy atom. The lowest BCUT2D eigenvalue weighted by molar-refractivity contribution is 0.104. The van der Waals surface area contributed by atoms with Crippen LogP contribution in [0.2, 0.25) is 0 Å². The molecule has 0 radical (unpaired) electrons. The van der Waals surface area contributed by atoms with Gasteiger partial charge in [0, 0.05) is 20.9 Å². The van der Waals surface area contributed by atoms with E-state index in [-0.39, 0.29) is 33.2 Å². The van der Waals surface area contributed by atoms with Crippen molar-refractivity contribution in [1.29, 1.82) is 0 Å². The number of ketones is 2. The molecule has 0 bridgehead atoms. The van der Waals surface area contributed by atoms with E-state index >= 15 is 0 Å². The fourth-order valence-corrected chi connectivity index (χ4v) is 7.99. The molecule has 0 aliphatic carbocycles. The van der Waals surface area contributed by atoms with Gasteiger partial charge in [-0.3, -0.25) is 9.59 Å². The van der Waals surface area contributed by atoms with Gasteiger partial charge in [0.2, 0.25) is 11.6 Å². The van der Waals surface area contributed by atoms with Crippen molar-refractivity contribution >= 4 is 47.2 Å². The molecule has 45 heavy (non-hydrogen) atoms. The lowest BCUT2D eigenvalue weighted by Gasteiger charge is -2.25. The number of carbonyl (C=O) groups excluding carboxylic acids is 2. The smallest absolute Gasteiger partial charge is 0.200 e. The summed E-state index contributed by atoms with van der Waals surface area (Å²) in [6.07, 6.45) is 4.08. The topological polar surface area (TPSA) is 34.1 Å². The number of benzene rings is 3. The predicted molar refractivity (Wildman–Crippen MR) is 195 cm³/mol. The van der Waals surface area contributed by atoms with Crippen LogP contribution in [0.5, 0.6) is 0 Å². The van der Waals surface area contributed by atoms with Gasteiger partial charge in [0.25, 0.3) is 0 Å². The highest BCUT2D eigenvalue weighted by Gasteiger charge is 2.36. The molecule has 0 saturated heterocycles. The fourth-order valence-electron chi connectivity index (χ4n) is 5.66. The van der Waals surface area contributed by atoms with Crippen molar-refractivity contribution in [2.45, 2.75) is 121 Å². The molecule has 2 nitrogen and oxygen atoms in total. The van der Waals surface area contributed by atoms with Crippen molar-refractivity contribution in [2.24, 2.45) is 0 Å². The first kappa shape index (κ1) is 33.5. The molecule has 2 aliphatic heterocycles. The number of rotatable bonds is 2. The summed E-state index contributed by atoms with van der Waals surface area (Å²) in [5.74, 6) is 0.00425. The van der Waals surface area contributed by atoms with E-state index in [4.69, 9.17) is 0 Å². The summed E-state index contributed by atoms with van der Waals surface area (Å²) < 4.78 is 0. The second kappa shape index (κ2) is 11.2. The number of carbonyl (C=O) groups is 2. The standard InChI is InChI=1S/C41H48O2S2/c1-23-36-30(34(42)32(44-36)18-24-14-26(38(2,3)4)20-27(15-24)39(5,6)7)22-31-35(43)33(45-37(23)31)19-25-16-28(40(8,9)10)21-29(17-25)41(11,12)13/h14-22H,1-13H3/b32-18-,33-19-. The van der Waals surface area contributed by atoms with Crippen LogP contribution < -0.4 is 0 Å². The van der Waals surface area contributed by atoms with Crippen LogP contribution in [0.25, 0.3) is 12.2 Å². The highest BCUT2D eigenvalue weighted by Crippen LogP contribution is 2.51. The highest BCUT2D eigenvalue weighted by atomic mass is 32.2. The van der Waals surface area contributed by atoms with Crippen LogP contribution >= 0.6 is 23.5 Å². The van der Waals surface area contributed by atoms with Crippen molar-refractivity contribution < 1.29 is 9.59 Å². The molecular weight excluding hydrogens is 589 g/mol. The van der Waals surface area contributed by atoms with Crippen LogP contribution in [0.4, 0.5) is 0 Å². The number of thioether (sulfide) groups is 2. The predicted octanol–water partition coefficient (Wildman–Crippen LogP) is 11.8. The van der Waals surface area contributed by atoms with E-state index in [2.05, 4.69) is 126 Å². The molecule has 2 heterocycles. The Kier molecular flexibility index (Phi) is 8.32. The summed E-state index contributed by atoms with van der Waals surface area (Å²) in [5.41, 5.74) is 9.40. The maximum Gasteiger partial charge on any atom is 0.200 e. The zero-order valence-electron chi connectivity index (χ0n) is 29.3. The number of fused-ring (bicyclic) bond motifs is 2. The van der Waals surface area contributed by atoms with Crippen LogP contribution in [0.3, 0.4) is 0 Å². The SMILES string of the molecule is Cc1c2c(cc3c1S/C(=C\c1cc(C(C)(C)C)cc(C(C)(C)C)c1)C3=O)C(=O)/C(=C/c1cc(C(C)(C)C)cc(C(C)(C)C)c1)S2. The Bertz CT molecular complexity index is 1610. The van der Waals surface area contributed by atoms with Crippen molar-refractivity contribution in [2.75, 3.05) is 0 Å². The van der Waals surface area contributed by atoms with Gasteiger partial charge in [-0.05, 0) is 85.7 Å². The van der Waals surface area contributed by atoms with Crippen LogP contribution in [-0.4, -0.2) is 11.6 Å². The summed E-state index contributed by atoms with van der Waals surface area (Å²) in [4.78, 5) is 31.0. The summed E-state index contributed by atoms with van der Waals surface area (Å²) >= 11 is 3.08. The first-order valence-electron chi connectivity index (χ1n) is 15.9. The Morgan fingerprint density at radius 1 is 0.467 bits per heavy atom. The second-order valence-electron chi connectivity index (χ2n) is 16.8. The number of Topliss-reactive ketones (excluding diaryl/α,β-unsaturated/α-hetero) is 2. The molecule has 0 aromatic heterocycles. The molecule has 5 rings (SSSR count). The molecule has 3 aromatic rings. The third-order valence-corrected chi connectivity index (χ3v) is 11.3. The Labute approximate surface area is 279 Å². The minimum absolute atomic E-state index is 0.00213. The molecule has 4 heteroatoms. The molecular formula is C41H48O2S2. The average molecular weight is 637 g/mol. The molecule has 0 spiro atoms. The summed E-state index contributed by atoms with van der Waals surface area (Å²) in [7, 11) is 0. The third-order valence-electron chi connectivity index (χ3n) is 8.79. The Morgan fingerprint density at radius 2 is 0.756 bits per heavy atom. The van der Waals surface area contributed by atoms with Gasteiger partial charge in [0.15, 0.2) is 0 Å². The van der Waals surface area contributed by atoms with E-state index in [0.29, 0.717) is 20.9 Å². The van der Waals surface area contributed by atoms with E-state index in [9.17, 15) is 9.59 Å². The second-order valence-corrected chi connectivity index (χ2v) is 18.9. The van der Waals surface area contributed by atoms with Gasteiger partial charge in [-0.25, -0.2) is 0 Å². The van der Waals surface area contributed by atoms with Crippen molar-refractivity contribution in [3.8, 4) is 0 Å². The fraction of sp³-hybridized carbons (Fsp3) is 0.415. The van der Waals surface area contributed by atoms with Gasteiger partial charge < -0.3 is 0 Å². The van der Waals surface area contributed by atoms with Crippen molar-refractivity contribution in [3.63, 3.8) is 0 Å². The quantitative estimate of drug-likeness (QED) is 0.262. The van der Waals surface area contributed by atoms with E-state index in [1.165, 1.54) is 22.3 Å². The summed E-state index contributed by atoms with van der Waals surface area (Å²) in [5, 5.41) is 0. The molecule has 0 unspecified atom stereocenters. The number of allylic oxidation sites excluding steroid dienone is 2. The summed E-state index contributed by atoms with van der Waals surface area (Å²) in [6.45, 7) is 28.8. The molecule has 0 amide bonds. The zero-order valence-corrected chi connectivity index (χ0v) is 31.0. The zero-order chi connectivity index (χ0) is 33.4. The van der Waals surface area contributed by atoms with Crippen molar-refractivity contribution in [1.82, 2.24) is 0 Å². The van der Waals surface area contributed by atoms with E-state index < -0.39 is 0 Å². The van der Waals surface area contributed by atoms with E-state index in [1.54, 1.807) is 23.5 Å². The van der Waals surface area contributed by atoms with Crippen LogP contribution in [0.1, 0.15) is 143 Å². The average Bonchev–Trinajstić information content (AvgIpc) is 3.38. The molecule has 3 aromatic carbocycles. The molecule has 0 N–H and O–H groups in total. The molecule has 236 valence electrons. The first-order valence-corrected chi connectivity index (χ1v) is 17.6. The molecule has 0 fully saturated rings. The van der Waals surface area contributed by atoms with Crippen LogP contribution in [-0.2, 0) is 21.7 Å². The third kappa shape index (κ3) is 6.69. The highest BCUT2D eigenvalue weighted by molar-refractivity contribution is 8.05. The van der Waals surface area contributed by atoms with Gasteiger partial charge in [-0.1, -0.05) is 143 Å². The van der Waals surface area contributed by atoms with E-state index in [0.717, 1.165) is 26.5 Å². The molecule has 2 aliphatic rings. The Balaban J connectivity index is 1.52. The maximum absolute atomic E-state index is 13.8. The number of hydrogen-bond acceptors (Lipinski definition) is 4. The molecule has 0 atom stereocenters. The lowest BCUT2D eigenvalue weighted by Crippen LogP contribution is -2.16. The van der Waals surface area contributed by atoms with Gasteiger partial charge in [0.1, 0.15) is 0 Å². The van der Waals surface area contributed by atoms with Gasteiger partial charge in [-0.2, -0.15) is 0 Å². The lowest BCUT2D eigenvalue weighted by atomic mass is 9.79. The van der Waals surface area contributed by atoms with E-state index in [1.807, 2.05) is 18.2 Å². The van der Waals surface area contributed by atoms with Crippen LogP contribution in [0, 0.1) is 6.92 Å². The maximum atomic E-state index is 13.8. The minimum atomic E-state index is -0.00706. The number of hydrogen-bond donors (Lipinski definition) is 0. The molecule has 0 saturated carbocycles.